The van der Waals surface area contributed by atoms with Crippen molar-refractivity contribution in [3.63, 3.8) is 0 Å². The van der Waals surface area contributed by atoms with Crippen LogP contribution in [0.2, 0.25) is 0 Å². The second-order valence-corrected chi connectivity index (χ2v) is 32.8. The Balaban J connectivity index is 0.000000183. The average molecular weight is 1540 g/mol. The lowest BCUT2D eigenvalue weighted by atomic mass is 9.83. The highest BCUT2D eigenvalue weighted by Gasteiger charge is 2.30. The monoisotopic (exact) mass is 1540 g/mol. The summed E-state index contributed by atoms with van der Waals surface area (Å²) in [5.41, 5.74) is 28.2. The Labute approximate surface area is 721 Å². The van der Waals surface area contributed by atoms with Crippen LogP contribution in [0.4, 0.5) is 0 Å². The first-order valence-corrected chi connectivity index (χ1v) is 40.5. The van der Waals surface area contributed by atoms with Crippen molar-refractivity contribution in [2.45, 2.75) is 234 Å². The average Bonchev–Trinajstić information content (AvgIpc) is 0.744. The van der Waals surface area contributed by atoms with Gasteiger partial charge in [0.2, 0.25) is 34.2 Å². The maximum absolute atomic E-state index is 8.33. The maximum atomic E-state index is 8.33. The number of aryl methyl sites for hydroxylation is 12. The van der Waals surface area contributed by atoms with E-state index >= 15 is 0 Å². The number of pyridine rings is 6. The molecule has 2 fully saturated rings. The number of hydrogen-bond donors (Lipinski definition) is 0. The molecule has 596 valence electrons. The molecule has 0 amide bonds. The molecule has 6 nitrogen and oxygen atoms in total. The molecule has 1 unspecified atom stereocenters. The summed E-state index contributed by atoms with van der Waals surface area (Å²) in [6.07, 6.45) is 18.1. The van der Waals surface area contributed by atoms with Crippen LogP contribution in [0.1, 0.15) is 258 Å². The van der Waals surface area contributed by atoms with Gasteiger partial charge in [-0.2, -0.15) is 18.3 Å². The molecular weight excluding hydrogens is 1380 g/mol. The van der Waals surface area contributed by atoms with E-state index in [1.807, 2.05) is 152 Å². The van der Waals surface area contributed by atoms with Crippen molar-refractivity contribution < 1.29 is 57.6 Å². The molecule has 2 saturated carbocycles. The summed E-state index contributed by atoms with van der Waals surface area (Å²) in [4.78, 5) is 0. The molecule has 6 aromatic carbocycles. The van der Waals surface area contributed by atoms with Crippen LogP contribution in [0.15, 0.2) is 200 Å². The van der Waals surface area contributed by atoms with E-state index in [9.17, 15) is 0 Å². The fraction of sp³-hybridized carbons (Fsp3) is 0.389. The summed E-state index contributed by atoms with van der Waals surface area (Å²) in [5.74, 6) is -0.492. The Kier molecular flexibility index (Phi) is 21.4. The summed E-state index contributed by atoms with van der Waals surface area (Å²) in [6, 6.07) is 62.0. The van der Waals surface area contributed by atoms with Gasteiger partial charge in [0.25, 0.3) is 0 Å². The van der Waals surface area contributed by atoms with Gasteiger partial charge in [0, 0.05) is 161 Å². The zero-order chi connectivity index (χ0) is 102. The number of rotatable bonds is 11. The quantitative estimate of drug-likeness (QED) is 0.115. The van der Waals surface area contributed by atoms with Gasteiger partial charge in [0.05, 0.1) is 0 Å². The molecule has 0 radical (unpaired) electrons. The largest absolute Gasteiger partial charge is 0.215 e. The molecule has 1 atom stereocenters. The van der Waals surface area contributed by atoms with E-state index in [0.29, 0.717) is 33.6 Å². The van der Waals surface area contributed by atoms with Gasteiger partial charge in [0.1, 0.15) is 42.3 Å². The molecule has 0 bridgehead atoms. The highest BCUT2D eigenvalue weighted by atomic mass is 15.0. The van der Waals surface area contributed by atoms with E-state index in [2.05, 4.69) is 138 Å². The maximum Gasteiger partial charge on any atom is 0.215 e. The molecule has 0 aliphatic heterocycles. The molecule has 2 aliphatic rings. The van der Waals surface area contributed by atoms with Gasteiger partial charge >= 0.3 is 0 Å². The van der Waals surface area contributed by atoms with Gasteiger partial charge in [-0.1, -0.05) is 176 Å². The lowest BCUT2D eigenvalue weighted by Gasteiger charge is -2.22. The van der Waals surface area contributed by atoms with Crippen molar-refractivity contribution in [3.05, 3.63) is 318 Å². The van der Waals surface area contributed by atoms with E-state index in [0.717, 1.165) is 91.7 Å². The number of nitrogens with zero attached hydrogens (tertiary/aromatic N) is 6. The molecule has 2 aliphatic carbocycles. The fourth-order valence-corrected chi connectivity index (χ4v) is 16.2. The predicted octanol–water partition coefficient (Wildman–Crippen LogP) is 24.6. The lowest BCUT2D eigenvalue weighted by molar-refractivity contribution is -0.667. The SMILES string of the molecule is CCc1c[n+](C)c(-c2ccccc2C)cc1C1CCCC1.Cc1ccccc1-c1cc(C2CCCC2)c(CC(C)(C)C)c[n+]1C.[2H]C([2H])([2H])c1c(C([2H])(C)C([2H])([2H])[2H])ccc(-c2ccccc2C)[n+]1C.[2H]C([2H])([2H])c1c(C)c(C)c(-c2ccccc2C)[n+](C)c1C([2H])([2H])[2H].[2H]C([2H])([2H])c1c(C)cc(-c2ccccc2C)[n+](C)c1C([2H])([2H])[2H].[2H]C([2H])([2H])c1cc(C)cc(-c2ccccc2C)[n+]1C. The Morgan fingerprint density at radius 3 is 1.18 bits per heavy atom. The molecule has 14 rings (SSSR count). The number of hydrogen-bond acceptors (Lipinski definition) is 0. The Hall–Kier alpha value is -9.78. The summed E-state index contributed by atoms with van der Waals surface area (Å²) in [6.45, 7) is 12.7. The van der Waals surface area contributed by atoms with Gasteiger partial charge in [-0.3, -0.25) is 0 Å². The van der Waals surface area contributed by atoms with Gasteiger partial charge < -0.3 is 0 Å². The summed E-state index contributed by atoms with van der Waals surface area (Å²) in [7, 11) is 11.0. The van der Waals surface area contributed by atoms with Gasteiger partial charge in [-0.05, 0) is 248 Å². The summed E-state index contributed by atoms with van der Waals surface area (Å²) >= 11 is 0. The van der Waals surface area contributed by atoms with Crippen LogP contribution in [0, 0.1) is 116 Å². The van der Waals surface area contributed by atoms with E-state index in [4.69, 9.17) is 30.2 Å². The molecular formula is C108H140N6+6. The molecule has 0 saturated heterocycles. The predicted molar refractivity (Wildman–Crippen MR) is 483 cm³/mol. The smallest absolute Gasteiger partial charge is 0.201 e. The Morgan fingerprint density at radius 1 is 0.377 bits per heavy atom. The zero-order valence-electron chi connectivity index (χ0n) is 94.0. The minimum absolute atomic E-state index is 0.00710. The van der Waals surface area contributed by atoms with Crippen LogP contribution < -0.4 is 27.4 Å². The molecule has 0 spiro atoms. The van der Waals surface area contributed by atoms with Gasteiger partial charge in [-0.15, -0.1) is 0 Å². The highest BCUT2D eigenvalue weighted by Crippen LogP contribution is 2.41. The van der Waals surface area contributed by atoms with Crippen LogP contribution in [0.5, 0.6) is 0 Å². The normalized spacial score (nSPS) is 16.9. The standard InChI is InChI=1S/C23H32N.C20H26N.2C17H22N.C16H20N.C15H18N/c1-17-10-6-9-13-20(17)22-14-21(18-11-7-8-12-18)19(16-24(22)5)15-23(2,3)4;1-4-16-14-21(3)20(18-12-8-5-9-15(18)2)13-19(16)17-10-6-7-11-17;1-11-9-7-8-10-16(11)17-14(4)12(2)13(3)15(5)18(17)6;1-12(2)15-10-11-17(18(5)14(15)4)16-9-7-6-8-13(16)3;1-11-8-6-7-9-15(11)16-10-12(2)13(3)14(4)17(16)5;1-11-9-13(3)16(4)15(10-11)14-8-6-5-7-12(14)2/h6,9-10,13-14,16,18H,7-8,11-12,15H2,1-5H3;5,8-9,12-14,17H,4,6-7,10-11H2,1-3H3;7-10H,1-6H3;6-12H,1-5H3;6-10H,1-5H3;5-10H,1-4H3/q6*+1/i;;3D3,5D3;1D3,4D3,12D;3D3,4D3;3D3. The second kappa shape index (κ2) is 39.5. The molecule has 6 aromatic heterocycles. The molecule has 12 aromatic rings. The summed E-state index contributed by atoms with van der Waals surface area (Å²) < 4.78 is 182. The lowest BCUT2D eigenvalue weighted by Crippen LogP contribution is -2.37. The van der Waals surface area contributed by atoms with Crippen molar-refractivity contribution >= 4 is 0 Å². The van der Waals surface area contributed by atoms with Crippen LogP contribution in [-0.4, -0.2) is 0 Å². The second-order valence-electron chi connectivity index (χ2n) is 32.8. The first kappa shape index (κ1) is 61.6. The van der Waals surface area contributed by atoms with Crippen LogP contribution >= 0.6 is 0 Å². The van der Waals surface area contributed by atoms with Gasteiger partial charge in [0.15, 0.2) is 35.2 Å². The van der Waals surface area contributed by atoms with Crippen LogP contribution in [0.25, 0.3) is 67.5 Å². The summed E-state index contributed by atoms with van der Waals surface area (Å²) in [5, 5.41) is 0. The third kappa shape index (κ3) is 21.2. The van der Waals surface area contributed by atoms with Crippen LogP contribution in [0.3, 0.4) is 0 Å². The fourth-order valence-electron chi connectivity index (χ4n) is 16.2. The molecule has 6 heterocycles. The van der Waals surface area contributed by atoms with Crippen molar-refractivity contribution in [2.75, 3.05) is 0 Å². The molecule has 6 heteroatoms. The molecule has 114 heavy (non-hydrogen) atoms. The topological polar surface area (TPSA) is 23.3 Å². The van der Waals surface area contributed by atoms with Crippen molar-refractivity contribution in [1.82, 2.24) is 0 Å². The third-order valence-corrected chi connectivity index (χ3v) is 23.1. The number of benzene rings is 6. The van der Waals surface area contributed by atoms with Crippen molar-refractivity contribution in [2.24, 2.45) is 47.7 Å². The first-order chi connectivity index (χ1) is 62.9. The Morgan fingerprint density at radius 2 is 0.772 bits per heavy atom. The Bertz CT molecular complexity index is 6240. The van der Waals surface area contributed by atoms with Crippen molar-refractivity contribution in [1.29, 1.82) is 0 Å². The van der Waals surface area contributed by atoms with E-state index in [1.54, 1.807) is 74.4 Å². The minimum Gasteiger partial charge on any atom is -0.201 e. The highest BCUT2D eigenvalue weighted by molar-refractivity contribution is 5.68. The minimum atomic E-state index is -2.65. The zero-order valence-corrected chi connectivity index (χ0v) is 72.0. The van der Waals surface area contributed by atoms with E-state index < -0.39 is 53.9 Å². The molecule has 0 N–H and O–H groups in total. The van der Waals surface area contributed by atoms with Crippen molar-refractivity contribution in [3.8, 4) is 67.5 Å². The first-order valence-electron chi connectivity index (χ1n) is 51.5. The third-order valence-electron chi connectivity index (χ3n) is 23.1. The van der Waals surface area contributed by atoms with Gasteiger partial charge in [-0.25, -0.2) is 9.13 Å². The number of aromatic nitrogens is 6. The van der Waals surface area contributed by atoms with E-state index in [-0.39, 0.29) is 33.8 Å². The van der Waals surface area contributed by atoms with E-state index in [1.165, 1.54) is 117 Å². The van der Waals surface area contributed by atoms with Crippen LogP contribution in [-0.2, 0) is 55.1 Å².